The van der Waals surface area contributed by atoms with E-state index in [9.17, 15) is 9.59 Å². The molecule has 0 aromatic heterocycles. The van der Waals surface area contributed by atoms with Crippen LogP contribution in [0.15, 0.2) is 28.7 Å². The lowest BCUT2D eigenvalue weighted by molar-refractivity contribution is -0.139. The molecule has 1 aromatic rings. The minimum Gasteiger partial charge on any atom is -0.481 e. The molecule has 1 saturated heterocycles. The van der Waals surface area contributed by atoms with Crippen LogP contribution in [-0.2, 0) is 9.59 Å². The van der Waals surface area contributed by atoms with Gasteiger partial charge in [0, 0.05) is 0 Å². The second-order valence-corrected chi connectivity index (χ2v) is 7.04. The smallest absolute Gasteiger partial charge is 0.341 e. The van der Waals surface area contributed by atoms with Gasteiger partial charge >= 0.3 is 5.97 Å². The SMILES string of the molecule is CC(/C=C/c1cc(C)c(OCC(=O)O)c(C)c1)=C1\SC(=S)NC1=O. The summed E-state index contributed by atoms with van der Waals surface area (Å²) in [5, 5.41) is 11.3. The van der Waals surface area contributed by atoms with Crippen LogP contribution in [0.3, 0.4) is 0 Å². The number of allylic oxidation sites excluding steroid dienone is 2. The average Bonchev–Trinajstić information content (AvgIpc) is 2.82. The second-order valence-electron chi connectivity index (χ2n) is 5.36. The molecular formula is C17H17NO4S2. The number of hydrogen-bond donors (Lipinski definition) is 2. The quantitative estimate of drug-likeness (QED) is 0.618. The maximum Gasteiger partial charge on any atom is 0.341 e. The number of carboxylic acid groups (broad SMARTS) is 1. The van der Waals surface area contributed by atoms with Gasteiger partial charge in [0.05, 0.1) is 4.91 Å². The van der Waals surface area contributed by atoms with Gasteiger partial charge in [-0.15, -0.1) is 0 Å². The van der Waals surface area contributed by atoms with E-state index in [1.807, 2.05) is 45.1 Å². The van der Waals surface area contributed by atoms with Gasteiger partial charge in [0.25, 0.3) is 5.91 Å². The molecule has 2 rings (SSSR count). The molecule has 7 heteroatoms. The molecule has 0 bridgehead atoms. The molecule has 1 aromatic carbocycles. The lowest BCUT2D eigenvalue weighted by Gasteiger charge is -2.11. The molecule has 0 radical (unpaired) electrons. The lowest BCUT2D eigenvalue weighted by atomic mass is 10.0. The Morgan fingerprint density at radius 3 is 2.50 bits per heavy atom. The van der Waals surface area contributed by atoms with E-state index in [0.29, 0.717) is 15.0 Å². The molecule has 0 aliphatic carbocycles. The summed E-state index contributed by atoms with van der Waals surface area (Å²) in [4.78, 5) is 23.0. The molecule has 1 aliphatic heterocycles. The third kappa shape index (κ3) is 4.46. The van der Waals surface area contributed by atoms with Crippen molar-refractivity contribution in [2.45, 2.75) is 20.8 Å². The zero-order valence-corrected chi connectivity index (χ0v) is 15.1. The fourth-order valence-corrected chi connectivity index (χ4v) is 3.36. The monoisotopic (exact) mass is 363 g/mol. The Morgan fingerprint density at radius 1 is 1.38 bits per heavy atom. The summed E-state index contributed by atoms with van der Waals surface area (Å²) < 4.78 is 5.78. The van der Waals surface area contributed by atoms with E-state index < -0.39 is 5.97 Å². The summed E-state index contributed by atoms with van der Waals surface area (Å²) in [6, 6.07) is 3.82. The molecule has 0 atom stereocenters. The van der Waals surface area contributed by atoms with Crippen LogP contribution < -0.4 is 10.1 Å². The van der Waals surface area contributed by atoms with E-state index in [4.69, 9.17) is 22.1 Å². The van der Waals surface area contributed by atoms with Crippen molar-refractivity contribution in [2.75, 3.05) is 6.61 Å². The van der Waals surface area contributed by atoms with Crippen molar-refractivity contribution < 1.29 is 19.4 Å². The third-order valence-corrected chi connectivity index (χ3v) is 4.67. The highest BCUT2D eigenvalue weighted by Crippen LogP contribution is 2.29. The maximum absolute atomic E-state index is 11.7. The molecule has 24 heavy (non-hydrogen) atoms. The Kier molecular flexibility index (Phi) is 5.80. The standard InChI is InChI=1S/C17H17NO4S2/c1-9(15-16(21)18-17(23)24-15)4-5-12-6-10(2)14(11(3)7-12)22-8-13(19)20/h4-7H,8H2,1-3H3,(H,19,20)(H,18,21,23)/b5-4+,15-9+. The number of carboxylic acids is 1. The summed E-state index contributed by atoms with van der Waals surface area (Å²) in [5.74, 6) is -0.595. The van der Waals surface area contributed by atoms with E-state index in [0.717, 1.165) is 22.3 Å². The van der Waals surface area contributed by atoms with Crippen molar-refractivity contribution in [1.82, 2.24) is 5.32 Å². The molecule has 0 spiro atoms. The highest BCUT2D eigenvalue weighted by Gasteiger charge is 2.23. The number of thioether (sulfide) groups is 1. The van der Waals surface area contributed by atoms with Gasteiger partial charge in [-0.3, -0.25) is 4.79 Å². The van der Waals surface area contributed by atoms with Crippen LogP contribution in [0.5, 0.6) is 5.75 Å². The number of amides is 1. The van der Waals surface area contributed by atoms with Crippen LogP contribution >= 0.6 is 24.0 Å². The summed E-state index contributed by atoms with van der Waals surface area (Å²) in [6.45, 7) is 5.22. The lowest BCUT2D eigenvalue weighted by Crippen LogP contribution is -2.18. The minimum absolute atomic E-state index is 0.170. The molecule has 1 amide bonds. The number of carbonyl (C=O) groups is 2. The summed E-state index contributed by atoms with van der Waals surface area (Å²) in [7, 11) is 0. The Hall–Kier alpha value is -2.12. The van der Waals surface area contributed by atoms with Crippen molar-refractivity contribution in [3.8, 4) is 5.75 Å². The van der Waals surface area contributed by atoms with E-state index in [2.05, 4.69) is 5.32 Å². The third-order valence-electron chi connectivity index (χ3n) is 3.32. The Balaban J connectivity index is 2.21. The molecule has 0 saturated carbocycles. The first-order valence-corrected chi connectivity index (χ1v) is 8.38. The van der Waals surface area contributed by atoms with Crippen molar-refractivity contribution in [1.29, 1.82) is 0 Å². The van der Waals surface area contributed by atoms with Crippen LogP contribution in [0.2, 0.25) is 0 Å². The zero-order valence-electron chi connectivity index (χ0n) is 13.5. The van der Waals surface area contributed by atoms with Gasteiger partial charge in [0.15, 0.2) is 6.61 Å². The molecule has 126 valence electrons. The molecular weight excluding hydrogens is 346 g/mol. The molecule has 1 aliphatic rings. The van der Waals surface area contributed by atoms with E-state index in [1.165, 1.54) is 11.8 Å². The normalized spacial score (nSPS) is 16.5. The van der Waals surface area contributed by atoms with E-state index in [1.54, 1.807) is 0 Å². The first-order chi connectivity index (χ1) is 11.3. The number of aliphatic carboxylic acids is 1. The molecule has 2 N–H and O–H groups in total. The fourth-order valence-electron chi connectivity index (χ4n) is 2.31. The molecule has 1 fully saturated rings. The van der Waals surface area contributed by atoms with Crippen molar-refractivity contribution in [3.63, 3.8) is 0 Å². The van der Waals surface area contributed by atoms with Crippen LogP contribution in [0.1, 0.15) is 23.6 Å². The Morgan fingerprint density at radius 2 is 2.00 bits per heavy atom. The largest absolute Gasteiger partial charge is 0.481 e. The summed E-state index contributed by atoms with van der Waals surface area (Å²) >= 11 is 6.24. The van der Waals surface area contributed by atoms with Gasteiger partial charge in [0.1, 0.15) is 10.1 Å². The predicted molar refractivity (Wildman–Crippen MR) is 99.1 cm³/mol. The van der Waals surface area contributed by atoms with Crippen LogP contribution in [0.4, 0.5) is 0 Å². The fraction of sp³-hybridized carbons (Fsp3) is 0.235. The van der Waals surface area contributed by atoms with Crippen LogP contribution in [0, 0.1) is 13.8 Å². The van der Waals surface area contributed by atoms with Crippen molar-refractivity contribution in [3.05, 3.63) is 45.4 Å². The second kappa shape index (κ2) is 7.63. The average molecular weight is 363 g/mol. The first kappa shape index (κ1) is 18.2. The van der Waals surface area contributed by atoms with Gasteiger partial charge in [-0.1, -0.05) is 36.1 Å². The maximum atomic E-state index is 11.7. The first-order valence-electron chi connectivity index (χ1n) is 7.16. The van der Waals surface area contributed by atoms with Crippen molar-refractivity contribution >= 4 is 46.3 Å². The van der Waals surface area contributed by atoms with E-state index in [-0.39, 0.29) is 12.5 Å². The predicted octanol–water partition coefficient (Wildman–Crippen LogP) is 3.20. The summed E-state index contributed by atoms with van der Waals surface area (Å²) in [6.07, 6.45) is 3.76. The van der Waals surface area contributed by atoms with Crippen molar-refractivity contribution in [2.24, 2.45) is 0 Å². The van der Waals surface area contributed by atoms with Crippen LogP contribution in [-0.4, -0.2) is 27.9 Å². The molecule has 5 nitrogen and oxygen atoms in total. The number of thiocarbonyl (C=S) groups is 1. The number of rotatable bonds is 5. The minimum atomic E-state index is -1.01. The number of ether oxygens (including phenoxy) is 1. The highest BCUT2D eigenvalue weighted by atomic mass is 32.2. The number of hydrogen-bond acceptors (Lipinski definition) is 5. The van der Waals surface area contributed by atoms with Gasteiger partial charge in [0.2, 0.25) is 0 Å². The van der Waals surface area contributed by atoms with E-state index >= 15 is 0 Å². The van der Waals surface area contributed by atoms with Gasteiger partial charge < -0.3 is 15.2 Å². The number of aryl methyl sites for hydroxylation is 2. The summed E-state index contributed by atoms with van der Waals surface area (Å²) in [5.41, 5.74) is 3.49. The topological polar surface area (TPSA) is 75.6 Å². The highest BCUT2D eigenvalue weighted by molar-refractivity contribution is 8.26. The molecule has 1 heterocycles. The Labute approximate surface area is 149 Å². The number of benzene rings is 1. The number of carbonyl (C=O) groups excluding carboxylic acids is 1. The van der Waals surface area contributed by atoms with Gasteiger partial charge in [-0.2, -0.15) is 0 Å². The molecule has 0 unspecified atom stereocenters. The Bertz CT molecular complexity index is 758. The van der Waals surface area contributed by atoms with Crippen LogP contribution in [0.25, 0.3) is 6.08 Å². The van der Waals surface area contributed by atoms with Gasteiger partial charge in [-0.05, 0) is 55.2 Å². The zero-order chi connectivity index (χ0) is 17.9. The number of nitrogens with one attached hydrogen (secondary N) is 1. The van der Waals surface area contributed by atoms with Gasteiger partial charge in [-0.25, -0.2) is 4.79 Å².